The van der Waals surface area contributed by atoms with Crippen LogP contribution >= 0.6 is 0 Å². The zero-order valence-corrected chi connectivity index (χ0v) is 13.1. The Morgan fingerprint density at radius 2 is 2.25 bits per heavy atom. The van der Waals surface area contributed by atoms with E-state index in [9.17, 15) is 0 Å². The van der Waals surface area contributed by atoms with Crippen molar-refractivity contribution in [3.8, 4) is 5.75 Å². The molecule has 0 spiro atoms. The van der Waals surface area contributed by atoms with E-state index in [1.165, 1.54) is 5.56 Å². The Hall–Kier alpha value is -1.10. The van der Waals surface area contributed by atoms with Crippen LogP contribution in [0.15, 0.2) is 24.3 Å². The maximum Gasteiger partial charge on any atom is 0.119 e. The van der Waals surface area contributed by atoms with Crippen molar-refractivity contribution in [3.05, 3.63) is 29.8 Å². The van der Waals surface area contributed by atoms with Crippen LogP contribution in [0.25, 0.3) is 0 Å². The molecule has 1 heterocycles. The molecule has 0 radical (unpaired) electrons. The lowest BCUT2D eigenvalue weighted by molar-refractivity contribution is 0.125. The highest BCUT2D eigenvalue weighted by atomic mass is 16.5. The largest absolute Gasteiger partial charge is 0.497 e. The molecule has 0 aliphatic carbocycles. The first-order chi connectivity index (χ1) is 9.60. The van der Waals surface area contributed by atoms with Gasteiger partial charge in [0.2, 0.25) is 0 Å². The van der Waals surface area contributed by atoms with Gasteiger partial charge in [-0.25, -0.2) is 0 Å². The van der Waals surface area contributed by atoms with Crippen LogP contribution in [-0.4, -0.2) is 63.2 Å². The minimum atomic E-state index is 0.421. The molecule has 4 nitrogen and oxygen atoms in total. The van der Waals surface area contributed by atoms with Gasteiger partial charge in [0.1, 0.15) is 5.75 Å². The van der Waals surface area contributed by atoms with Gasteiger partial charge in [0, 0.05) is 38.3 Å². The van der Waals surface area contributed by atoms with E-state index in [4.69, 9.17) is 4.74 Å². The molecule has 1 aliphatic heterocycles. The van der Waals surface area contributed by atoms with E-state index in [1.807, 2.05) is 6.07 Å². The molecule has 2 rings (SSSR count). The second kappa shape index (κ2) is 7.07. The van der Waals surface area contributed by atoms with Crippen molar-refractivity contribution in [2.75, 3.05) is 47.4 Å². The van der Waals surface area contributed by atoms with Crippen LogP contribution in [0.3, 0.4) is 0 Å². The fraction of sp³-hybridized carbons (Fsp3) is 0.625. The van der Waals surface area contributed by atoms with Gasteiger partial charge >= 0.3 is 0 Å². The Kier molecular flexibility index (Phi) is 5.40. The van der Waals surface area contributed by atoms with Crippen molar-refractivity contribution in [3.63, 3.8) is 0 Å². The highest BCUT2D eigenvalue weighted by Crippen LogP contribution is 2.25. The van der Waals surface area contributed by atoms with Crippen molar-refractivity contribution >= 4 is 0 Å². The van der Waals surface area contributed by atoms with E-state index in [-0.39, 0.29) is 0 Å². The molecule has 2 atom stereocenters. The van der Waals surface area contributed by atoms with Crippen molar-refractivity contribution in [2.24, 2.45) is 0 Å². The summed E-state index contributed by atoms with van der Waals surface area (Å²) in [7, 11) is 6.00. The molecule has 112 valence electrons. The summed E-state index contributed by atoms with van der Waals surface area (Å²) in [6, 6.07) is 9.45. The molecule has 2 unspecified atom stereocenters. The fourth-order valence-electron chi connectivity index (χ4n) is 2.87. The fourth-order valence-corrected chi connectivity index (χ4v) is 2.87. The molecule has 1 aromatic rings. The number of benzene rings is 1. The maximum atomic E-state index is 5.37. The summed E-state index contributed by atoms with van der Waals surface area (Å²) < 4.78 is 5.37. The number of hydrogen-bond donors (Lipinski definition) is 1. The molecule has 0 saturated carbocycles. The average Bonchev–Trinajstić information content (AvgIpc) is 2.44. The Bertz CT molecular complexity index is 422. The average molecular weight is 277 g/mol. The van der Waals surface area contributed by atoms with Gasteiger partial charge in [0.25, 0.3) is 0 Å². The second-order valence-electron chi connectivity index (χ2n) is 5.90. The first kappa shape index (κ1) is 15.3. The quantitative estimate of drug-likeness (QED) is 0.884. The normalized spacial score (nSPS) is 21.9. The molecule has 4 heteroatoms. The van der Waals surface area contributed by atoms with Gasteiger partial charge in [-0.1, -0.05) is 12.1 Å². The van der Waals surface area contributed by atoms with E-state index in [0.717, 1.165) is 31.9 Å². The van der Waals surface area contributed by atoms with E-state index in [2.05, 4.69) is 54.3 Å². The van der Waals surface area contributed by atoms with Crippen LogP contribution in [0.2, 0.25) is 0 Å². The van der Waals surface area contributed by atoms with E-state index in [0.29, 0.717) is 12.1 Å². The van der Waals surface area contributed by atoms with E-state index < -0.39 is 0 Å². The summed E-state index contributed by atoms with van der Waals surface area (Å²) in [6.45, 7) is 6.54. The van der Waals surface area contributed by atoms with Crippen LogP contribution in [0.5, 0.6) is 5.75 Å². The second-order valence-corrected chi connectivity index (χ2v) is 5.90. The van der Waals surface area contributed by atoms with E-state index >= 15 is 0 Å². The number of methoxy groups -OCH3 is 1. The van der Waals surface area contributed by atoms with Crippen LogP contribution < -0.4 is 10.1 Å². The van der Waals surface area contributed by atoms with Crippen molar-refractivity contribution in [1.82, 2.24) is 15.1 Å². The zero-order valence-electron chi connectivity index (χ0n) is 13.1. The minimum Gasteiger partial charge on any atom is -0.497 e. The molecule has 20 heavy (non-hydrogen) atoms. The summed E-state index contributed by atoms with van der Waals surface area (Å²) in [5, 5.41) is 3.51. The summed E-state index contributed by atoms with van der Waals surface area (Å²) >= 11 is 0. The summed E-state index contributed by atoms with van der Waals surface area (Å²) in [4.78, 5) is 4.84. The summed E-state index contributed by atoms with van der Waals surface area (Å²) in [5.41, 5.74) is 1.34. The maximum absolute atomic E-state index is 5.37. The molecule has 0 bridgehead atoms. The van der Waals surface area contributed by atoms with Crippen molar-refractivity contribution in [2.45, 2.75) is 19.0 Å². The Labute approximate surface area is 122 Å². The molecule has 1 saturated heterocycles. The summed E-state index contributed by atoms with van der Waals surface area (Å²) in [6.07, 6.45) is 0. The number of nitrogens with zero attached hydrogens (tertiary/aromatic N) is 2. The van der Waals surface area contributed by atoms with Gasteiger partial charge in [-0.2, -0.15) is 0 Å². The highest BCUT2D eigenvalue weighted by molar-refractivity contribution is 5.31. The standard InChI is InChI=1S/C16H27N3O/c1-13-11-19(9-8-17-13)16(12-18(2)3)14-6-5-7-15(10-14)20-4/h5-7,10,13,16-17H,8-9,11-12H2,1-4H3. The van der Waals surface area contributed by atoms with Crippen LogP contribution in [0.4, 0.5) is 0 Å². The number of likely N-dealkylation sites (N-methyl/N-ethyl adjacent to an activating group) is 1. The molecule has 0 amide bonds. The molecule has 0 aromatic heterocycles. The first-order valence-corrected chi connectivity index (χ1v) is 7.36. The number of hydrogen-bond acceptors (Lipinski definition) is 4. The van der Waals surface area contributed by atoms with Gasteiger partial charge in [-0.05, 0) is 38.7 Å². The number of rotatable bonds is 5. The van der Waals surface area contributed by atoms with Gasteiger partial charge in [-0.15, -0.1) is 0 Å². The van der Waals surface area contributed by atoms with Gasteiger partial charge in [0.05, 0.1) is 7.11 Å². The Morgan fingerprint density at radius 1 is 1.45 bits per heavy atom. The van der Waals surface area contributed by atoms with Crippen molar-refractivity contribution < 1.29 is 4.74 Å². The van der Waals surface area contributed by atoms with Crippen molar-refractivity contribution in [1.29, 1.82) is 0 Å². The highest BCUT2D eigenvalue weighted by Gasteiger charge is 2.25. The molecule has 1 aliphatic rings. The molecular weight excluding hydrogens is 250 g/mol. The minimum absolute atomic E-state index is 0.421. The molecule has 1 fully saturated rings. The monoisotopic (exact) mass is 277 g/mol. The third kappa shape index (κ3) is 3.95. The third-order valence-electron chi connectivity index (χ3n) is 3.86. The summed E-state index contributed by atoms with van der Waals surface area (Å²) in [5.74, 6) is 0.939. The van der Waals surface area contributed by atoms with E-state index in [1.54, 1.807) is 7.11 Å². The Morgan fingerprint density at radius 3 is 2.90 bits per heavy atom. The number of ether oxygens (including phenoxy) is 1. The van der Waals surface area contributed by atoms with Gasteiger partial charge < -0.3 is 15.0 Å². The van der Waals surface area contributed by atoms with Crippen LogP contribution in [0.1, 0.15) is 18.5 Å². The lowest BCUT2D eigenvalue weighted by atomic mass is 10.0. The predicted molar refractivity (Wildman–Crippen MR) is 83.3 cm³/mol. The van der Waals surface area contributed by atoms with Crippen LogP contribution in [-0.2, 0) is 0 Å². The number of piperazine rings is 1. The topological polar surface area (TPSA) is 27.7 Å². The SMILES string of the molecule is COc1cccc(C(CN(C)C)N2CCNC(C)C2)c1. The van der Waals surface area contributed by atoms with Gasteiger partial charge in [-0.3, -0.25) is 4.90 Å². The molecular formula is C16H27N3O. The molecule has 1 N–H and O–H groups in total. The first-order valence-electron chi connectivity index (χ1n) is 7.36. The lowest BCUT2D eigenvalue weighted by Crippen LogP contribution is -2.51. The van der Waals surface area contributed by atoms with Crippen LogP contribution in [0, 0.1) is 0 Å². The smallest absolute Gasteiger partial charge is 0.119 e. The zero-order chi connectivity index (χ0) is 14.5. The Balaban J connectivity index is 2.21. The number of nitrogens with one attached hydrogen (secondary N) is 1. The molecule has 1 aromatic carbocycles. The van der Waals surface area contributed by atoms with Gasteiger partial charge in [0.15, 0.2) is 0 Å². The lowest BCUT2D eigenvalue weighted by Gasteiger charge is -2.39. The third-order valence-corrected chi connectivity index (χ3v) is 3.86. The predicted octanol–water partition coefficient (Wildman–Crippen LogP) is 1.59.